The Morgan fingerprint density at radius 1 is 1.25 bits per heavy atom. The highest BCUT2D eigenvalue weighted by Crippen LogP contribution is 2.35. The number of benzene rings is 1. The molecule has 7 nitrogen and oxygen atoms in total. The third-order valence-corrected chi connectivity index (χ3v) is 3.16. The zero-order chi connectivity index (χ0) is 14.1. The summed E-state index contributed by atoms with van der Waals surface area (Å²) >= 11 is 0. The smallest absolute Gasteiger partial charge is 0.153 e. The van der Waals surface area contributed by atoms with Crippen molar-refractivity contribution in [3.8, 4) is 28.3 Å². The van der Waals surface area contributed by atoms with Crippen LogP contribution in [-0.2, 0) is 0 Å². The number of aromatic amines is 2. The first kappa shape index (κ1) is 12.2. The van der Waals surface area contributed by atoms with Gasteiger partial charge in [0.2, 0.25) is 0 Å². The van der Waals surface area contributed by atoms with Crippen molar-refractivity contribution in [2.24, 2.45) is 0 Å². The SMILES string of the molecule is COc1cc(-c2c(N)n[nH]c2-c2cn[nH]n2)ccc1C. The van der Waals surface area contributed by atoms with E-state index in [-0.39, 0.29) is 0 Å². The van der Waals surface area contributed by atoms with Crippen LogP contribution < -0.4 is 10.5 Å². The van der Waals surface area contributed by atoms with E-state index >= 15 is 0 Å². The number of nitrogens with two attached hydrogens (primary N) is 1. The average Bonchev–Trinajstić information content (AvgIpc) is 3.08. The van der Waals surface area contributed by atoms with Gasteiger partial charge in [-0.15, -0.1) is 0 Å². The number of nitrogen functional groups attached to an aromatic ring is 1. The lowest BCUT2D eigenvalue weighted by Crippen LogP contribution is -1.92. The molecule has 20 heavy (non-hydrogen) atoms. The molecule has 7 heteroatoms. The zero-order valence-electron chi connectivity index (χ0n) is 11.1. The van der Waals surface area contributed by atoms with Crippen LogP contribution >= 0.6 is 0 Å². The van der Waals surface area contributed by atoms with Gasteiger partial charge in [0.1, 0.15) is 11.4 Å². The normalized spacial score (nSPS) is 10.7. The fourth-order valence-corrected chi connectivity index (χ4v) is 2.13. The van der Waals surface area contributed by atoms with Crippen LogP contribution in [0.4, 0.5) is 5.82 Å². The summed E-state index contributed by atoms with van der Waals surface area (Å²) in [5, 5.41) is 17.4. The van der Waals surface area contributed by atoms with Gasteiger partial charge in [0.15, 0.2) is 5.82 Å². The van der Waals surface area contributed by atoms with Crippen molar-refractivity contribution in [1.29, 1.82) is 0 Å². The number of rotatable bonds is 3. The number of hydrogen-bond acceptors (Lipinski definition) is 5. The third-order valence-electron chi connectivity index (χ3n) is 3.16. The first-order valence-corrected chi connectivity index (χ1v) is 6.05. The maximum absolute atomic E-state index is 5.97. The minimum atomic E-state index is 0.411. The standard InChI is InChI=1S/C13H14N6O/c1-7-3-4-8(5-10(7)20-2)11-12(17-18-13(11)14)9-6-15-19-16-9/h3-6H,1-2H3,(H3,14,17,18)(H,15,16,19). The molecular weight excluding hydrogens is 256 g/mol. The highest BCUT2D eigenvalue weighted by atomic mass is 16.5. The minimum Gasteiger partial charge on any atom is -0.496 e. The highest BCUT2D eigenvalue weighted by molar-refractivity contribution is 5.87. The molecule has 0 saturated carbocycles. The van der Waals surface area contributed by atoms with Crippen LogP contribution in [0.2, 0.25) is 0 Å². The van der Waals surface area contributed by atoms with E-state index < -0.39 is 0 Å². The Labute approximate surface area is 115 Å². The molecule has 3 aromatic rings. The summed E-state index contributed by atoms with van der Waals surface area (Å²) in [6.45, 7) is 1.99. The summed E-state index contributed by atoms with van der Waals surface area (Å²) in [5.41, 5.74) is 10.1. The molecule has 102 valence electrons. The van der Waals surface area contributed by atoms with Crippen LogP contribution in [0.5, 0.6) is 5.75 Å². The van der Waals surface area contributed by atoms with Gasteiger partial charge in [0.25, 0.3) is 0 Å². The molecule has 0 fully saturated rings. The Morgan fingerprint density at radius 3 is 2.80 bits per heavy atom. The topological polar surface area (TPSA) is 105 Å². The number of aromatic nitrogens is 5. The van der Waals surface area contributed by atoms with Crippen LogP contribution in [0.1, 0.15) is 5.56 Å². The van der Waals surface area contributed by atoms with E-state index in [1.807, 2.05) is 25.1 Å². The third kappa shape index (κ3) is 1.89. The predicted molar refractivity (Wildman–Crippen MR) is 75.1 cm³/mol. The van der Waals surface area contributed by atoms with Crippen LogP contribution in [-0.4, -0.2) is 32.7 Å². The Morgan fingerprint density at radius 2 is 2.10 bits per heavy atom. The van der Waals surface area contributed by atoms with Crippen molar-refractivity contribution >= 4 is 5.82 Å². The van der Waals surface area contributed by atoms with E-state index in [0.29, 0.717) is 11.5 Å². The van der Waals surface area contributed by atoms with Crippen molar-refractivity contribution in [3.63, 3.8) is 0 Å². The van der Waals surface area contributed by atoms with E-state index in [1.54, 1.807) is 13.3 Å². The molecule has 0 spiro atoms. The molecule has 2 heterocycles. The molecule has 0 aliphatic heterocycles. The van der Waals surface area contributed by atoms with E-state index in [9.17, 15) is 0 Å². The zero-order valence-corrected chi connectivity index (χ0v) is 11.1. The predicted octanol–water partition coefficient (Wildman–Crippen LogP) is 1.76. The quantitative estimate of drug-likeness (QED) is 0.672. The van der Waals surface area contributed by atoms with Crippen molar-refractivity contribution in [3.05, 3.63) is 30.0 Å². The second-order valence-corrected chi connectivity index (χ2v) is 4.40. The second kappa shape index (κ2) is 4.69. The summed E-state index contributed by atoms with van der Waals surface area (Å²) in [6.07, 6.45) is 1.61. The number of anilines is 1. The van der Waals surface area contributed by atoms with Crippen molar-refractivity contribution in [2.75, 3.05) is 12.8 Å². The molecule has 1 aromatic carbocycles. The molecule has 2 aromatic heterocycles. The van der Waals surface area contributed by atoms with Crippen molar-refractivity contribution in [2.45, 2.75) is 6.92 Å². The number of nitrogens with zero attached hydrogens (tertiary/aromatic N) is 3. The molecule has 3 rings (SSSR count). The van der Waals surface area contributed by atoms with Crippen LogP contribution in [0.25, 0.3) is 22.5 Å². The van der Waals surface area contributed by atoms with Crippen molar-refractivity contribution in [1.82, 2.24) is 25.6 Å². The summed E-state index contributed by atoms with van der Waals surface area (Å²) in [4.78, 5) is 0. The molecule has 0 aliphatic carbocycles. The monoisotopic (exact) mass is 270 g/mol. The van der Waals surface area contributed by atoms with Gasteiger partial charge >= 0.3 is 0 Å². The molecular formula is C13H14N6O. The Kier molecular flexibility index (Phi) is 2.86. The first-order chi connectivity index (χ1) is 9.70. The van der Waals surface area contributed by atoms with Crippen LogP contribution in [0, 0.1) is 6.92 Å². The number of methoxy groups -OCH3 is 1. The van der Waals surface area contributed by atoms with Gasteiger partial charge in [-0.05, 0) is 24.1 Å². The van der Waals surface area contributed by atoms with Crippen molar-refractivity contribution < 1.29 is 4.74 Å². The number of hydrogen-bond donors (Lipinski definition) is 3. The molecule has 0 aliphatic rings. The molecule has 0 unspecified atom stereocenters. The van der Waals surface area contributed by atoms with Gasteiger partial charge in [-0.25, -0.2) is 0 Å². The van der Waals surface area contributed by atoms with Crippen LogP contribution in [0.3, 0.4) is 0 Å². The average molecular weight is 270 g/mol. The maximum atomic E-state index is 5.97. The fourth-order valence-electron chi connectivity index (χ4n) is 2.13. The molecule has 0 bridgehead atoms. The van der Waals surface area contributed by atoms with E-state index in [4.69, 9.17) is 10.5 Å². The maximum Gasteiger partial charge on any atom is 0.153 e. The van der Waals surface area contributed by atoms with Gasteiger partial charge in [0.05, 0.1) is 24.6 Å². The molecule has 4 N–H and O–H groups in total. The molecule has 0 amide bonds. The number of ether oxygens (including phenoxy) is 1. The second-order valence-electron chi connectivity index (χ2n) is 4.40. The van der Waals surface area contributed by atoms with E-state index in [0.717, 1.165) is 28.1 Å². The molecule has 0 atom stereocenters. The van der Waals surface area contributed by atoms with Gasteiger partial charge in [-0.1, -0.05) is 12.1 Å². The Balaban J connectivity index is 2.17. The van der Waals surface area contributed by atoms with E-state index in [1.165, 1.54) is 0 Å². The lowest BCUT2D eigenvalue weighted by atomic mass is 10.0. The fraction of sp³-hybridized carbons (Fsp3) is 0.154. The largest absolute Gasteiger partial charge is 0.496 e. The number of nitrogens with one attached hydrogen (secondary N) is 2. The van der Waals surface area contributed by atoms with Gasteiger partial charge in [-0.2, -0.15) is 20.5 Å². The van der Waals surface area contributed by atoms with Gasteiger partial charge < -0.3 is 10.5 Å². The summed E-state index contributed by atoms with van der Waals surface area (Å²) in [7, 11) is 1.64. The molecule has 0 radical (unpaired) electrons. The number of aryl methyl sites for hydroxylation is 1. The molecule has 0 saturated heterocycles. The summed E-state index contributed by atoms with van der Waals surface area (Å²) in [5.74, 6) is 1.21. The van der Waals surface area contributed by atoms with Gasteiger partial charge in [-0.3, -0.25) is 5.10 Å². The Bertz CT molecular complexity index is 731. The van der Waals surface area contributed by atoms with Crippen LogP contribution in [0.15, 0.2) is 24.4 Å². The first-order valence-electron chi connectivity index (χ1n) is 6.05. The summed E-state index contributed by atoms with van der Waals surface area (Å²) < 4.78 is 5.35. The summed E-state index contributed by atoms with van der Waals surface area (Å²) in [6, 6.07) is 5.88. The lowest BCUT2D eigenvalue weighted by molar-refractivity contribution is 0.412. The Hall–Kier alpha value is -2.83. The minimum absolute atomic E-state index is 0.411. The lowest BCUT2D eigenvalue weighted by Gasteiger charge is -2.08. The van der Waals surface area contributed by atoms with Gasteiger partial charge in [0, 0.05) is 0 Å². The highest BCUT2D eigenvalue weighted by Gasteiger charge is 2.17. The number of H-pyrrole nitrogens is 2. The van der Waals surface area contributed by atoms with E-state index in [2.05, 4.69) is 25.6 Å².